The average molecular weight is 626 g/mol. The molecule has 0 saturated heterocycles. The first-order chi connectivity index (χ1) is 12.8. The Morgan fingerprint density at radius 2 is 0.576 bits per heavy atom. The minimum atomic E-state index is -7.43. The van der Waals surface area contributed by atoms with Crippen LogP contribution < -0.4 is 103 Å². The van der Waals surface area contributed by atoms with E-state index in [0.29, 0.717) is 0 Å². The zero-order chi connectivity index (χ0) is 26.5. The number of rotatable bonds is 5. The van der Waals surface area contributed by atoms with Crippen LogP contribution in [-0.2, 0) is 20.2 Å². The van der Waals surface area contributed by atoms with Crippen LogP contribution in [0.1, 0.15) is 0 Å². The summed E-state index contributed by atoms with van der Waals surface area (Å²) in [7, 11) is -14.5. The van der Waals surface area contributed by atoms with Crippen molar-refractivity contribution >= 4 is 20.2 Å². The van der Waals surface area contributed by atoms with E-state index in [1.165, 1.54) is 0 Å². The van der Waals surface area contributed by atoms with E-state index in [2.05, 4.69) is 0 Å². The third-order valence-electron chi connectivity index (χ3n) is 2.47. The van der Waals surface area contributed by atoms with E-state index in [-0.39, 0.29) is 103 Å². The summed E-state index contributed by atoms with van der Waals surface area (Å²) in [6, 6.07) is 0. The van der Waals surface area contributed by atoms with Crippen LogP contribution in [0.15, 0.2) is 0 Å². The van der Waals surface area contributed by atoms with Gasteiger partial charge in [0.2, 0.25) is 0 Å². The summed E-state index contributed by atoms with van der Waals surface area (Å²) in [4.78, 5) is 0. The number of alkyl halides is 16. The monoisotopic (exact) mass is 626 g/mol. The summed E-state index contributed by atoms with van der Waals surface area (Å²) in [6.07, 6.45) is -14.0. The van der Waals surface area contributed by atoms with Gasteiger partial charge in [-0.1, -0.05) is 0 Å². The standard InChI is InChI=1S/C4HF9O3S.C3HF7O3S.2K/c5-1(6,3(9,10)11)2(7,8)4(12,13)17(14,15)16;4-1(5,2(6,7)8)3(9,10)14(11,12)13;;/h(H,14,15,16);(H,11,12,13);;/q;;2*+1/p-2. The van der Waals surface area contributed by atoms with Crippen LogP contribution in [0.3, 0.4) is 0 Å². The van der Waals surface area contributed by atoms with Gasteiger partial charge in [0.25, 0.3) is 0 Å². The molecule has 0 spiro atoms. The molecule has 0 aliphatic heterocycles. The van der Waals surface area contributed by atoms with Crippen LogP contribution in [0, 0.1) is 0 Å². The second-order valence-electron chi connectivity index (χ2n) is 4.66. The van der Waals surface area contributed by atoms with E-state index in [1.54, 1.807) is 0 Å². The topological polar surface area (TPSA) is 114 Å². The molecule has 0 unspecified atom stereocenters. The van der Waals surface area contributed by atoms with Gasteiger partial charge in [-0.05, 0) is 0 Å². The third-order valence-corrected chi connectivity index (χ3v) is 4.23. The van der Waals surface area contributed by atoms with Gasteiger partial charge < -0.3 is 9.11 Å². The van der Waals surface area contributed by atoms with Crippen molar-refractivity contribution in [3.63, 3.8) is 0 Å². The fourth-order valence-electron chi connectivity index (χ4n) is 0.840. The Morgan fingerprint density at radius 3 is 0.697 bits per heavy atom. The Bertz CT molecular complexity index is 861. The van der Waals surface area contributed by atoms with E-state index in [4.69, 9.17) is 0 Å². The van der Waals surface area contributed by atoms with Crippen LogP contribution in [0.4, 0.5) is 70.2 Å². The van der Waals surface area contributed by atoms with Gasteiger partial charge in [0.15, 0.2) is 20.2 Å². The fraction of sp³-hybridized carbons (Fsp3) is 1.00. The van der Waals surface area contributed by atoms with Crippen molar-refractivity contribution < 1.29 is 199 Å². The molecule has 0 aromatic carbocycles. The molecule has 0 fully saturated rings. The van der Waals surface area contributed by atoms with Crippen molar-refractivity contribution in [2.24, 2.45) is 0 Å². The van der Waals surface area contributed by atoms with Gasteiger partial charge in [-0.3, -0.25) is 0 Å². The molecular formula is C7F16K2O6S2. The summed E-state index contributed by atoms with van der Waals surface area (Å²) >= 11 is 0. The van der Waals surface area contributed by atoms with Crippen molar-refractivity contribution in [2.45, 2.75) is 40.6 Å². The molecule has 0 radical (unpaired) electrons. The van der Waals surface area contributed by atoms with E-state index in [0.717, 1.165) is 0 Å². The molecule has 0 heterocycles. The maximum Gasteiger partial charge on any atom is 1.00 e. The number of hydrogen-bond donors (Lipinski definition) is 0. The van der Waals surface area contributed by atoms with E-state index in [1.807, 2.05) is 0 Å². The van der Waals surface area contributed by atoms with Crippen LogP contribution in [0.5, 0.6) is 0 Å². The maximum atomic E-state index is 12.2. The van der Waals surface area contributed by atoms with Crippen molar-refractivity contribution in [3.8, 4) is 0 Å². The molecule has 0 N–H and O–H groups in total. The molecule has 0 saturated carbocycles. The van der Waals surface area contributed by atoms with Crippen LogP contribution in [-0.4, -0.2) is 66.6 Å². The van der Waals surface area contributed by atoms with Crippen molar-refractivity contribution in [1.29, 1.82) is 0 Å². The Hall–Kier alpha value is 1.97. The van der Waals surface area contributed by atoms with Gasteiger partial charge in [0.1, 0.15) is 0 Å². The molecule has 0 bridgehead atoms. The van der Waals surface area contributed by atoms with E-state index < -0.39 is 60.9 Å². The summed E-state index contributed by atoms with van der Waals surface area (Å²) < 4.78 is 245. The van der Waals surface area contributed by atoms with Crippen molar-refractivity contribution in [1.82, 2.24) is 0 Å². The molecule has 26 heteroatoms. The van der Waals surface area contributed by atoms with Crippen LogP contribution >= 0.6 is 0 Å². The minimum Gasteiger partial charge on any atom is -0.743 e. The molecule has 33 heavy (non-hydrogen) atoms. The Kier molecular flexibility index (Phi) is 15.0. The van der Waals surface area contributed by atoms with Gasteiger partial charge in [0.05, 0.1) is 0 Å². The second-order valence-corrected chi connectivity index (χ2v) is 7.50. The van der Waals surface area contributed by atoms with Gasteiger partial charge in [-0.25, -0.2) is 16.8 Å². The summed E-state index contributed by atoms with van der Waals surface area (Å²) in [5.41, 5.74) is 0. The molecule has 0 rings (SSSR count). The fourth-order valence-corrected chi connectivity index (χ4v) is 1.71. The van der Waals surface area contributed by atoms with Crippen molar-refractivity contribution in [3.05, 3.63) is 0 Å². The smallest absolute Gasteiger partial charge is 0.743 e. The average Bonchev–Trinajstić information content (AvgIpc) is 2.42. The number of halogens is 16. The van der Waals surface area contributed by atoms with Crippen LogP contribution in [0.2, 0.25) is 0 Å². The van der Waals surface area contributed by atoms with Gasteiger partial charge in [-0.15, -0.1) is 0 Å². The van der Waals surface area contributed by atoms with Gasteiger partial charge in [0, 0.05) is 0 Å². The predicted octanol–water partition coefficient (Wildman–Crippen LogP) is -2.71. The SMILES string of the molecule is O=S(=O)([O-])C(F)(F)C(F)(F)C(F)(F)C(F)(F)F.O=S(=O)([O-])C(F)(F)C(F)(F)C(F)(F)F.[K+].[K+]. The quantitative estimate of drug-likeness (QED) is 0.186. The van der Waals surface area contributed by atoms with Crippen LogP contribution in [0.25, 0.3) is 0 Å². The van der Waals surface area contributed by atoms with Crippen molar-refractivity contribution in [2.75, 3.05) is 0 Å². The van der Waals surface area contributed by atoms with E-state index in [9.17, 15) is 96.2 Å². The first kappa shape index (κ1) is 42.1. The normalized spacial score (nSPS) is 15.0. The molecule has 0 amide bonds. The molecule has 0 aliphatic carbocycles. The molecule has 0 aromatic heterocycles. The maximum absolute atomic E-state index is 12.2. The minimum absolute atomic E-state index is 0. The molecule has 0 aromatic rings. The van der Waals surface area contributed by atoms with Gasteiger partial charge >= 0.3 is 143 Å². The molecule has 190 valence electrons. The number of hydrogen-bond acceptors (Lipinski definition) is 6. The van der Waals surface area contributed by atoms with E-state index >= 15 is 0 Å². The largest absolute Gasteiger partial charge is 1.00 e. The molecule has 0 aliphatic rings. The molecule has 0 atom stereocenters. The van der Waals surface area contributed by atoms with Gasteiger partial charge in [-0.2, -0.15) is 70.2 Å². The zero-order valence-electron chi connectivity index (χ0n) is 14.8. The second kappa shape index (κ2) is 11.8. The summed E-state index contributed by atoms with van der Waals surface area (Å²) in [6.45, 7) is 0. The third kappa shape index (κ3) is 8.23. The first-order valence-electron chi connectivity index (χ1n) is 5.68. The molecular weight excluding hydrogens is 626 g/mol. The predicted molar refractivity (Wildman–Crippen MR) is 56.2 cm³/mol. The Morgan fingerprint density at radius 1 is 0.394 bits per heavy atom. The Labute approximate surface area is 256 Å². The zero-order valence-corrected chi connectivity index (χ0v) is 22.7. The summed E-state index contributed by atoms with van der Waals surface area (Å²) in [5, 5.41) is -13.8. The summed E-state index contributed by atoms with van der Waals surface area (Å²) in [5.74, 6) is -21.7. The first-order valence-corrected chi connectivity index (χ1v) is 8.50. The molecule has 6 nitrogen and oxygen atoms in total. The Balaban J connectivity index is -0.000000244.